The van der Waals surface area contributed by atoms with Gasteiger partial charge >= 0.3 is 0 Å². The molecule has 3 aromatic rings. The lowest BCUT2D eigenvalue weighted by Crippen LogP contribution is -2.34. The molecule has 26 heavy (non-hydrogen) atoms. The topological polar surface area (TPSA) is 53.4 Å². The molecule has 4 rings (SSSR count). The molecule has 5 nitrogen and oxygen atoms in total. The lowest BCUT2D eigenvalue weighted by atomic mass is 9.97. The lowest BCUT2D eigenvalue weighted by molar-refractivity contribution is 0.367. The molecule has 1 aromatic heterocycles. The first-order valence-electron chi connectivity index (χ1n) is 8.52. The minimum absolute atomic E-state index is 0.0388. The molecule has 0 radical (unpaired) electrons. The number of aryl methyl sites for hydroxylation is 1. The van der Waals surface area contributed by atoms with Crippen molar-refractivity contribution in [1.82, 2.24) is 20.3 Å². The Balaban J connectivity index is 1.73. The summed E-state index contributed by atoms with van der Waals surface area (Å²) in [7, 11) is 1.82. The molecule has 0 fully saturated rings. The molecule has 6 heteroatoms. The van der Waals surface area contributed by atoms with E-state index in [1.54, 1.807) is 12.4 Å². The molecule has 1 N–H and O–H groups in total. The molecule has 0 saturated carbocycles. The van der Waals surface area contributed by atoms with E-state index >= 15 is 0 Å². The molecule has 2 aromatic carbocycles. The second kappa shape index (κ2) is 6.80. The monoisotopic (exact) mass is 361 g/mol. The summed E-state index contributed by atoms with van der Waals surface area (Å²) in [6.45, 7) is 2.09. The van der Waals surface area contributed by atoms with Gasteiger partial charge in [-0.3, -0.25) is 9.97 Å². The van der Waals surface area contributed by atoms with Crippen LogP contribution in [0.3, 0.4) is 0 Å². The fourth-order valence-corrected chi connectivity index (χ4v) is 3.43. The first kappa shape index (κ1) is 16.6. The average Bonchev–Trinajstić information content (AvgIpc) is 3.12. The summed E-state index contributed by atoms with van der Waals surface area (Å²) in [5, 5.41) is 10.4. The maximum Gasteiger partial charge on any atom is 0.189 e. The summed E-state index contributed by atoms with van der Waals surface area (Å²) in [5.41, 5.74) is 6.29. The zero-order valence-corrected chi connectivity index (χ0v) is 15.5. The van der Waals surface area contributed by atoms with Gasteiger partial charge in [0.05, 0.1) is 22.8 Å². The third kappa shape index (κ3) is 3.04. The predicted molar refractivity (Wildman–Crippen MR) is 108 cm³/mol. The zero-order chi connectivity index (χ0) is 18.1. The number of thiocarbonyl (C=S) groups is 1. The maximum absolute atomic E-state index is 5.50. The zero-order valence-electron chi connectivity index (χ0n) is 14.7. The fraction of sp³-hybridized carbons (Fsp3) is 0.200. The summed E-state index contributed by atoms with van der Waals surface area (Å²) in [6.07, 6.45) is 4.21. The Morgan fingerprint density at radius 2 is 1.92 bits per heavy atom. The smallest absolute Gasteiger partial charge is 0.189 e. The van der Waals surface area contributed by atoms with E-state index in [-0.39, 0.29) is 6.04 Å². The van der Waals surface area contributed by atoms with Crippen molar-refractivity contribution in [3.8, 4) is 0 Å². The molecular weight excluding hydrogens is 342 g/mol. The number of hydrazone groups is 1. The van der Waals surface area contributed by atoms with Crippen LogP contribution in [0.4, 0.5) is 0 Å². The van der Waals surface area contributed by atoms with Crippen LogP contribution < -0.4 is 5.32 Å². The molecule has 1 aliphatic rings. The van der Waals surface area contributed by atoms with Crippen molar-refractivity contribution < 1.29 is 0 Å². The Kier molecular flexibility index (Phi) is 4.34. The van der Waals surface area contributed by atoms with E-state index in [9.17, 15) is 0 Å². The largest absolute Gasteiger partial charge is 0.364 e. The van der Waals surface area contributed by atoms with E-state index < -0.39 is 0 Å². The van der Waals surface area contributed by atoms with Gasteiger partial charge in [-0.1, -0.05) is 35.9 Å². The third-order valence-electron chi connectivity index (χ3n) is 4.56. The summed E-state index contributed by atoms with van der Waals surface area (Å²) in [4.78, 5) is 8.77. The van der Waals surface area contributed by atoms with Gasteiger partial charge in [0, 0.05) is 25.9 Å². The van der Waals surface area contributed by atoms with Crippen molar-refractivity contribution >= 4 is 34.1 Å². The van der Waals surface area contributed by atoms with Crippen molar-refractivity contribution in [2.75, 3.05) is 7.05 Å². The number of hydrogen-bond donors (Lipinski definition) is 1. The van der Waals surface area contributed by atoms with Gasteiger partial charge < -0.3 is 5.32 Å². The molecule has 0 bridgehead atoms. The highest BCUT2D eigenvalue weighted by Gasteiger charge is 2.31. The molecule has 0 amide bonds. The number of fused-ring (bicyclic) bond motifs is 1. The molecule has 130 valence electrons. The number of hydrogen-bond acceptors (Lipinski definition) is 4. The highest BCUT2D eigenvalue weighted by atomic mass is 32.1. The Morgan fingerprint density at radius 1 is 1.12 bits per heavy atom. The molecule has 1 atom stereocenters. The predicted octanol–water partition coefficient (Wildman–Crippen LogP) is 3.59. The summed E-state index contributed by atoms with van der Waals surface area (Å²) in [6, 6.07) is 14.6. The van der Waals surface area contributed by atoms with Gasteiger partial charge in [-0.2, -0.15) is 5.10 Å². The van der Waals surface area contributed by atoms with Gasteiger partial charge in [-0.25, -0.2) is 5.01 Å². The minimum Gasteiger partial charge on any atom is -0.364 e. The van der Waals surface area contributed by atoms with Crippen molar-refractivity contribution in [2.45, 2.75) is 19.4 Å². The summed E-state index contributed by atoms with van der Waals surface area (Å²) >= 11 is 5.50. The van der Waals surface area contributed by atoms with Crippen LogP contribution in [0.2, 0.25) is 0 Å². The van der Waals surface area contributed by atoms with Gasteiger partial charge in [0.1, 0.15) is 0 Å². The van der Waals surface area contributed by atoms with Crippen LogP contribution in [0.25, 0.3) is 11.0 Å². The van der Waals surface area contributed by atoms with E-state index in [0.717, 1.165) is 34.3 Å². The van der Waals surface area contributed by atoms with Crippen LogP contribution in [-0.2, 0) is 0 Å². The van der Waals surface area contributed by atoms with Gasteiger partial charge in [0.15, 0.2) is 5.11 Å². The highest BCUT2D eigenvalue weighted by Crippen LogP contribution is 2.33. The quantitative estimate of drug-likeness (QED) is 0.707. The van der Waals surface area contributed by atoms with Crippen LogP contribution in [0.5, 0.6) is 0 Å². The first-order chi connectivity index (χ1) is 12.7. The SMILES string of the molecule is CNC(=S)N1N=C(c2cccc(C)c2)C[C@@H]1c1ccc2nccnc2c1. The van der Waals surface area contributed by atoms with Crippen LogP contribution in [0, 0.1) is 6.92 Å². The van der Waals surface area contributed by atoms with Crippen LogP contribution in [0.1, 0.15) is 29.2 Å². The number of aromatic nitrogens is 2. The van der Waals surface area contributed by atoms with Crippen molar-refractivity contribution in [2.24, 2.45) is 5.10 Å². The molecule has 2 heterocycles. The standard InChI is InChI=1S/C20H19N5S/c1-13-4-3-5-14(10-13)17-12-19(25(24-17)20(26)21-2)15-6-7-16-18(11-15)23-9-8-22-16/h3-11,19H,12H2,1-2H3,(H,21,26)/t19-/m1/s1. The van der Waals surface area contributed by atoms with E-state index in [1.165, 1.54) is 5.56 Å². The Hall–Kier alpha value is -2.86. The molecule has 1 aliphatic heterocycles. The highest BCUT2D eigenvalue weighted by molar-refractivity contribution is 7.80. The van der Waals surface area contributed by atoms with E-state index in [2.05, 4.69) is 58.6 Å². The number of benzene rings is 2. The first-order valence-corrected chi connectivity index (χ1v) is 8.92. The molecule has 0 saturated heterocycles. The Bertz CT molecular complexity index is 1010. The van der Waals surface area contributed by atoms with Crippen LogP contribution >= 0.6 is 12.2 Å². The van der Waals surface area contributed by atoms with Crippen LogP contribution in [0.15, 0.2) is 60.0 Å². The van der Waals surface area contributed by atoms with E-state index in [4.69, 9.17) is 17.3 Å². The summed E-state index contributed by atoms with van der Waals surface area (Å²) in [5.74, 6) is 0. The molecule has 0 aliphatic carbocycles. The van der Waals surface area contributed by atoms with Gasteiger partial charge in [0.25, 0.3) is 0 Å². The Labute approximate surface area is 157 Å². The Morgan fingerprint density at radius 3 is 2.69 bits per heavy atom. The van der Waals surface area contributed by atoms with Gasteiger partial charge in [-0.05, 0) is 42.4 Å². The van der Waals surface area contributed by atoms with Crippen molar-refractivity contribution in [1.29, 1.82) is 0 Å². The fourth-order valence-electron chi connectivity index (χ4n) is 3.26. The summed E-state index contributed by atoms with van der Waals surface area (Å²) < 4.78 is 0. The van der Waals surface area contributed by atoms with E-state index in [0.29, 0.717) is 5.11 Å². The lowest BCUT2D eigenvalue weighted by Gasteiger charge is -2.23. The minimum atomic E-state index is 0.0388. The van der Waals surface area contributed by atoms with Crippen LogP contribution in [-0.4, -0.2) is 32.8 Å². The van der Waals surface area contributed by atoms with Gasteiger partial charge in [0.2, 0.25) is 0 Å². The maximum atomic E-state index is 5.50. The number of nitrogens with one attached hydrogen (secondary N) is 1. The van der Waals surface area contributed by atoms with E-state index in [1.807, 2.05) is 18.1 Å². The normalized spacial score (nSPS) is 16.6. The van der Waals surface area contributed by atoms with Crippen molar-refractivity contribution in [3.05, 3.63) is 71.5 Å². The second-order valence-corrected chi connectivity index (χ2v) is 6.73. The third-order valence-corrected chi connectivity index (χ3v) is 4.95. The number of nitrogens with zero attached hydrogens (tertiary/aromatic N) is 4. The molecular formula is C20H19N5S. The molecule has 0 spiro atoms. The second-order valence-electron chi connectivity index (χ2n) is 6.34. The van der Waals surface area contributed by atoms with Gasteiger partial charge in [-0.15, -0.1) is 0 Å². The number of rotatable bonds is 2. The average molecular weight is 361 g/mol. The molecule has 0 unspecified atom stereocenters. The van der Waals surface area contributed by atoms with Crippen molar-refractivity contribution in [3.63, 3.8) is 0 Å².